The van der Waals surface area contributed by atoms with Crippen molar-refractivity contribution in [2.24, 2.45) is 28.6 Å². The summed E-state index contributed by atoms with van der Waals surface area (Å²) >= 11 is 1.17. The molecule has 0 spiro atoms. The summed E-state index contributed by atoms with van der Waals surface area (Å²) in [6.45, 7) is 6.97. The minimum atomic E-state index is 0.169. The second-order valence-electron chi connectivity index (χ2n) is 9.13. The lowest BCUT2D eigenvalue weighted by Crippen LogP contribution is -2.49. The van der Waals surface area contributed by atoms with Gasteiger partial charge in [-0.05, 0) is 70.0 Å². The standard InChI is InChI=1S/C21H30BO2S/c1-4-16-19(23)12-18-15-6-5-13-11-14(24-25-22)7-9-20(13,2)17(15)8-10-21(16,18)3/h4-5,14-15,17-18,22H,6-12H2,1-3H3/p+1/b16-4-/t14-,15+,17-,18-,20-,21+/m0/s1/i22T. The van der Waals surface area contributed by atoms with E-state index >= 15 is 0 Å². The molecule has 4 aliphatic rings. The van der Waals surface area contributed by atoms with Crippen LogP contribution < -0.4 is 0 Å². The zero-order valence-corrected chi connectivity index (χ0v) is 16.6. The third kappa shape index (κ3) is 2.54. The van der Waals surface area contributed by atoms with E-state index in [4.69, 9.17) is 5.52 Å². The lowest BCUT2D eigenvalue weighted by Gasteiger charge is -2.57. The lowest BCUT2D eigenvalue weighted by atomic mass is 9.48. The van der Waals surface area contributed by atoms with E-state index < -0.39 is 0 Å². The Morgan fingerprint density at radius 3 is 2.84 bits per heavy atom. The molecule has 0 aromatic rings. The fourth-order valence-corrected chi connectivity index (χ4v) is 7.28. The maximum atomic E-state index is 10.6. The van der Waals surface area contributed by atoms with Crippen LogP contribution in [0.5, 0.6) is 0 Å². The zero-order valence-electron chi connectivity index (χ0n) is 16.8. The van der Waals surface area contributed by atoms with Crippen molar-refractivity contribution in [3.63, 3.8) is 0 Å². The summed E-state index contributed by atoms with van der Waals surface area (Å²) in [5.74, 6) is 2.67. The first kappa shape index (κ1) is 16.7. The molecular weight excluding hydrogens is 327 g/mol. The summed E-state index contributed by atoms with van der Waals surface area (Å²) in [7, 11) is 1.28. The second-order valence-corrected chi connectivity index (χ2v) is 9.51. The molecule has 3 saturated carbocycles. The molecule has 3 fully saturated rings. The number of hydrogen-bond acceptors (Lipinski definition) is 2. The minimum absolute atomic E-state index is 0.169. The molecule has 0 aromatic heterocycles. The molecule has 1 radical (unpaired) electrons. The Kier molecular flexibility index (Phi) is 4.20. The van der Waals surface area contributed by atoms with Gasteiger partial charge in [0.2, 0.25) is 7.09 Å². The van der Waals surface area contributed by atoms with Crippen molar-refractivity contribution >= 4 is 24.8 Å². The van der Waals surface area contributed by atoms with Crippen molar-refractivity contribution in [2.75, 3.05) is 0 Å². The molecule has 4 rings (SSSR count). The zero-order chi connectivity index (χ0) is 18.5. The number of rotatable bonds is 3. The van der Waals surface area contributed by atoms with Crippen LogP contribution in [0.1, 0.15) is 65.7 Å². The summed E-state index contributed by atoms with van der Waals surface area (Å²) in [4.78, 5) is 10.6. The Balaban J connectivity index is 1.59. The van der Waals surface area contributed by atoms with Gasteiger partial charge in [-0.2, -0.15) is 0 Å². The average molecular weight is 360 g/mol. The Morgan fingerprint density at radius 1 is 1.28 bits per heavy atom. The third-order valence-electron chi connectivity index (χ3n) is 8.27. The van der Waals surface area contributed by atoms with E-state index in [2.05, 4.69) is 32.9 Å². The highest BCUT2D eigenvalue weighted by molar-refractivity contribution is 8.15. The SMILES string of the molecule is [3H][B]SO[C@H]1CC[C@@]2(C)C(=CC[C@@H]3[C@@H]2CC[C@]2(C)/C(=C\C)C(=[OH+])C[C@@H]32)C1. The molecule has 6 atom stereocenters. The van der Waals surface area contributed by atoms with E-state index in [0.717, 1.165) is 31.6 Å². The van der Waals surface area contributed by atoms with Crippen LogP contribution in [0.2, 0.25) is 0 Å². The van der Waals surface area contributed by atoms with Crippen LogP contribution in [-0.2, 0) is 4.18 Å². The molecule has 0 aromatic carbocycles. The molecule has 0 bridgehead atoms. The second kappa shape index (κ2) is 6.30. The molecule has 25 heavy (non-hydrogen) atoms. The summed E-state index contributed by atoms with van der Waals surface area (Å²) < 4.78 is 12.9. The van der Waals surface area contributed by atoms with Crippen molar-refractivity contribution in [1.29, 1.82) is 1.34 Å². The molecule has 0 aliphatic heterocycles. The normalized spacial score (nSPS) is 48.3. The van der Waals surface area contributed by atoms with Gasteiger partial charge >= 0.3 is 5.78 Å². The largest absolute Gasteiger partial charge is 0.325 e. The van der Waals surface area contributed by atoms with Gasteiger partial charge in [0.1, 0.15) is 0 Å². The van der Waals surface area contributed by atoms with E-state index in [1.807, 2.05) is 0 Å². The minimum Gasteiger partial charge on any atom is -0.325 e. The van der Waals surface area contributed by atoms with E-state index in [-0.39, 0.29) is 11.5 Å². The maximum Gasteiger partial charge on any atom is 0.320 e. The van der Waals surface area contributed by atoms with Crippen molar-refractivity contribution in [3.8, 4) is 0 Å². The topological polar surface area (TPSA) is 30.6 Å². The van der Waals surface area contributed by atoms with Gasteiger partial charge < -0.3 is 4.18 Å². The average Bonchev–Trinajstić information content (AvgIpc) is 2.89. The van der Waals surface area contributed by atoms with E-state index in [9.17, 15) is 4.79 Å². The number of ketones is 1. The summed E-state index contributed by atoms with van der Waals surface area (Å²) in [5.41, 5.74) is 3.29. The van der Waals surface area contributed by atoms with Crippen molar-refractivity contribution in [3.05, 3.63) is 23.3 Å². The lowest BCUT2D eigenvalue weighted by molar-refractivity contribution is -0.0222. The molecule has 0 unspecified atom stereocenters. The van der Waals surface area contributed by atoms with E-state index in [1.54, 1.807) is 5.57 Å². The Bertz CT molecular complexity index is 662. The van der Waals surface area contributed by atoms with Crippen LogP contribution in [0.25, 0.3) is 0 Å². The van der Waals surface area contributed by atoms with Crippen LogP contribution in [-0.4, -0.2) is 25.1 Å². The molecule has 0 saturated heterocycles. The number of fused-ring (bicyclic) bond motifs is 5. The first-order valence-electron chi connectivity index (χ1n) is 10.5. The van der Waals surface area contributed by atoms with Gasteiger partial charge in [0, 0.05) is 5.41 Å². The maximum absolute atomic E-state index is 10.6. The Morgan fingerprint density at radius 2 is 2.08 bits per heavy atom. The van der Waals surface area contributed by atoms with Crippen molar-refractivity contribution in [2.45, 2.75) is 71.8 Å². The fraction of sp³-hybridized carbons (Fsp3) is 0.762. The smallest absolute Gasteiger partial charge is 0.320 e. The molecular formula is C21H31BO2S+. The van der Waals surface area contributed by atoms with Crippen LogP contribution >= 0.6 is 11.9 Å². The van der Waals surface area contributed by atoms with Gasteiger partial charge in [-0.25, -0.2) is 0 Å². The van der Waals surface area contributed by atoms with Gasteiger partial charge in [-0.15, -0.1) is 0 Å². The Hall–Kier alpha value is -0.475. The molecule has 4 aliphatic carbocycles. The predicted molar refractivity (Wildman–Crippen MR) is 107 cm³/mol. The summed E-state index contributed by atoms with van der Waals surface area (Å²) in [5, 5.41) is 0. The molecule has 0 amide bonds. The number of carbonyl (C=O) groups excluding carboxylic acids is 1. The van der Waals surface area contributed by atoms with Gasteiger partial charge in [0.15, 0.2) is 0 Å². The predicted octanol–water partition coefficient (Wildman–Crippen LogP) is 4.90. The quantitative estimate of drug-likeness (QED) is 0.236. The highest BCUT2D eigenvalue weighted by Gasteiger charge is 2.60. The van der Waals surface area contributed by atoms with Crippen LogP contribution in [0.3, 0.4) is 0 Å². The first-order chi connectivity index (χ1) is 12.4. The molecule has 0 heterocycles. The monoisotopic (exact) mass is 360 g/mol. The first-order valence-corrected chi connectivity index (χ1v) is 10.7. The molecule has 2 nitrogen and oxygen atoms in total. The van der Waals surface area contributed by atoms with Crippen molar-refractivity contribution < 1.29 is 8.98 Å². The van der Waals surface area contributed by atoms with Crippen LogP contribution in [0.15, 0.2) is 23.3 Å². The highest BCUT2D eigenvalue weighted by Crippen LogP contribution is 2.65. The highest BCUT2D eigenvalue weighted by atomic mass is 32.2. The Labute approximate surface area is 159 Å². The number of allylic oxidation sites excluding steroid dienone is 3. The van der Waals surface area contributed by atoms with Crippen LogP contribution in [0.4, 0.5) is 0 Å². The molecule has 1 N–H and O–H groups in total. The molecule has 4 heteroatoms. The van der Waals surface area contributed by atoms with Crippen LogP contribution in [0, 0.1) is 28.6 Å². The number of hydrogen-bond donors (Lipinski definition) is 0. The summed E-state index contributed by atoms with van der Waals surface area (Å²) in [6, 6.07) is 0. The summed E-state index contributed by atoms with van der Waals surface area (Å²) in [6.07, 6.45) is 12.8. The third-order valence-corrected chi connectivity index (χ3v) is 8.65. The van der Waals surface area contributed by atoms with E-state index in [0.29, 0.717) is 23.0 Å². The van der Waals surface area contributed by atoms with Gasteiger partial charge in [0.05, 0.1) is 18.1 Å². The fourth-order valence-electron chi connectivity index (χ4n) is 6.96. The van der Waals surface area contributed by atoms with Gasteiger partial charge in [-0.3, -0.25) is 4.79 Å². The molecule has 135 valence electrons. The van der Waals surface area contributed by atoms with E-state index in [1.165, 1.54) is 43.8 Å². The van der Waals surface area contributed by atoms with Gasteiger partial charge in [0.25, 0.3) is 0 Å². The van der Waals surface area contributed by atoms with Gasteiger partial charge in [-0.1, -0.05) is 43.5 Å². The van der Waals surface area contributed by atoms with Crippen molar-refractivity contribution in [1.82, 2.24) is 0 Å².